The third kappa shape index (κ3) is 3.00. The standard InChI is InChI=1S/C23H30N2O4/c1-6-14-21(24-27)20-16(11-23(2,3)12-17(20)26)25-8-7-13-9-18(28-4)19(29-5)10-15(13)22(14)25/h9-10,14,22,27H,6-8,11-12H2,1-5H3/t14-,22-/m1/s1. The number of nitrogens with zero attached hydrogens (tertiary/aromatic N) is 2. The quantitative estimate of drug-likeness (QED) is 0.613. The average molecular weight is 399 g/mol. The van der Waals surface area contributed by atoms with Crippen molar-refractivity contribution in [2.45, 2.75) is 52.5 Å². The van der Waals surface area contributed by atoms with Gasteiger partial charge < -0.3 is 19.6 Å². The molecule has 2 heterocycles. The first-order valence-electron chi connectivity index (χ1n) is 10.3. The van der Waals surface area contributed by atoms with Crippen LogP contribution in [0.25, 0.3) is 0 Å². The van der Waals surface area contributed by atoms with Gasteiger partial charge in [-0.15, -0.1) is 0 Å². The summed E-state index contributed by atoms with van der Waals surface area (Å²) in [6, 6.07) is 4.15. The third-order valence-electron chi connectivity index (χ3n) is 6.66. The van der Waals surface area contributed by atoms with Crippen molar-refractivity contribution in [1.29, 1.82) is 0 Å². The summed E-state index contributed by atoms with van der Waals surface area (Å²) in [5.41, 5.74) is 4.53. The molecule has 0 saturated carbocycles. The fraction of sp³-hybridized carbons (Fsp3) is 0.565. The molecule has 0 amide bonds. The van der Waals surface area contributed by atoms with Gasteiger partial charge in [0.25, 0.3) is 0 Å². The van der Waals surface area contributed by atoms with E-state index in [-0.39, 0.29) is 23.2 Å². The predicted octanol–water partition coefficient (Wildman–Crippen LogP) is 4.12. The van der Waals surface area contributed by atoms with Crippen LogP contribution in [0.3, 0.4) is 0 Å². The molecule has 0 aromatic heterocycles. The first-order chi connectivity index (χ1) is 13.8. The molecule has 6 nitrogen and oxygen atoms in total. The summed E-state index contributed by atoms with van der Waals surface area (Å²) in [4.78, 5) is 15.5. The van der Waals surface area contributed by atoms with E-state index in [0.717, 1.165) is 37.3 Å². The van der Waals surface area contributed by atoms with Crippen molar-refractivity contribution in [3.63, 3.8) is 0 Å². The topological polar surface area (TPSA) is 71.4 Å². The Kier molecular flexibility index (Phi) is 4.83. The SMILES string of the molecule is CC[C@@H]1C(=NO)C2=C(CC(C)(C)CC2=O)N2CCc3cc(OC)c(OC)cc3[C@@H]12. The van der Waals surface area contributed by atoms with Crippen LogP contribution in [0.15, 0.2) is 28.6 Å². The summed E-state index contributed by atoms with van der Waals surface area (Å²) in [7, 11) is 3.30. The highest BCUT2D eigenvalue weighted by Crippen LogP contribution is 2.51. The van der Waals surface area contributed by atoms with Crippen molar-refractivity contribution in [2.24, 2.45) is 16.5 Å². The first-order valence-corrected chi connectivity index (χ1v) is 10.3. The molecule has 0 bridgehead atoms. The highest BCUT2D eigenvalue weighted by Gasteiger charge is 2.48. The number of fused-ring (bicyclic) bond motifs is 4. The molecular weight excluding hydrogens is 368 g/mol. The number of ether oxygens (including phenoxy) is 2. The molecule has 0 spiro atoms. The Morgan fingerprint density at radius 1 is 1.21 bits per heavy atom. The van der Waals surface area contributed by atoms with E-state index in [4.69, 9.17) is 9.47 Å². The van der Waals surface area contributed by atoms with Crippen LogP contribution in [0, 0.1) is 11.3 Å². The van der Waals surface area contributed by atoms with Crippen LogP contribution in [-0.4, -0.2) is 42.4 Å². The number of hydrogen-bond donors (Lipinski definition) is 1. The second kappa shape index (κ2) is 7.08. The van der Waals surface area contributed by atoms with Gasteiger partial charge in [-0.2, -0.15) is 0 Å². The molecule has 1 aromatic rings. The van der Waals surface area contributed by atoms with Gasteiger partial charge >= 0.3 is 0 Å². The maximum atomic E-state index is 13.1. The molecule has 0 radical (unpaired) electrons. The van der Waals surface area contributed by atoms with E-state index in [1.165, 1.54) is 11.1 Å². The van der Waals surface area contributed by atoms with Gasteiger partial charge in [0.05, 0.1) is 31.5 Å². The van der Waals surface area contributed by atoms with Crippen molar-refractivity contribution in [3.8, 4) is 11.5 Å². The van der Waals surface area contributed by atoms with Gasteiger partial charge in [-0.25, -0.2) is 0 Å². The summed E-state index contributed by atoms with van der Waals surface area (Å²) >= 11 is 0. The molecule has 4 rings (SSSR count). The zero-order chi connectivity index (χ0) is 20.9. The maximum Gasteiger partial charge on any atom is 0.167 e. The zero-order valence-electron chi connectivity index (χ0n) is 17.9. The largest absolute Gasteiger partial charge is 0.493 e. The molecule has 2 atom stereocenters. The predicted molar refractivity (Wildman–Crippen MR) is 111 cm³/mol. The summed E-state index contributed by atoms with van der Waals surface area (Å²) in [5.74, 6) is 1.47. The fourth-order valence-electron chi connectivity index (χ4n) is 5.41. The van der Waals surface area contributed by atoms with Crippen molar-refractivity contribution in [3.05, 3.63) is 34.5 Å². The smallest absolute Gasteiger partial charge is 0.167 e. The van der Waals surface area contributed by atoms with Crippen molar-refractivity contribution < 1.29 is 19.5 Å². The number of carbonyl (C=O) groups is 1. The first kappa shape index (κ1) is 19.8. The van der Waals surface area contributed by atoms with E-state index in [9.17, 15) is 10.0 Å². The Labute approximate surface area is 172 Å². The minimum absolute atomic E-state index is 0.0231. The zero-order valence-corrected chi connectivity index (χ0v) is 17.9. The molecule has 6 heteroatoms. The summed E-state index contributed by atoms with van der Waals surface area (Å²) < 4.78 is 11.1. The number of oxime groups is 1. The van der Waals surface area contributed by atoms with Gasteiger partial charge in [0, 0.05) is 24.6 Å². The van der Waals surface area contributed by atoms with E-state index in [2.05, 4.69) is 43.0 Å². The normalized spacial score (nSPS) is 26.7. The highest BCUT2D eigenvalue weighted by atomic mass is 16.5. The minimum Gasteiger partial charge on any atom is -0.493 e. The Morgan fingerprint density at radius 2 is 1.90 bits per heavy atom. The van der Waals surface area contributed by atoms with E-state index in [1.807, 2.05) is 0 Å². The monoisotopic (exact) mass is 398 g/mol. The number of rotatable bonds is 3. The lowest BCUT2D eigenvalue weighted by molar-refractivity contribution is -0.118. The van der Waals surface area contributed by atoms with Gasteiger partial charge in [-0.05, 0) is 47.9 Å². The van der Waals surface area contributed by atoms with Crippen LogP contribution < -0.4 is 9.47 Å². The number of benzene rings is 1. The van der Waals surface area contributed by atoms with Gasteiger partial charge in [0.15, 0.2) is 17.3 Å². The second-order valence-corrected chi connectivity index (χ2v) is 9.06. The van der Waals surface area contributed by atoms with Crippen LogP contribution in [0.1, 0.15) is 57.2 Å². The molecule has 0 unspecified atom stereocenters. The average Bonchev–Trinajstić information content (AvgIpc) is 2.70. The lowest BCUT2D eigenvalue weighted by Gasteiger charge is -2.51. The minimum atomic E-state index is -0.0992. The van der Waals surface area contributed by atoms with Crippen molar-refractivity contribution in [1.82, 2.24) is 4.90 Å². The molecule has 0 fully saturated rings. The molecule has 29 heavy (non-hydrogen) atoms. The summed E-state index contributed by atoms with van der Waals surface area (Å²) in [5, 5.41) is 13.6. The van der Waals surface area contributed by atoms with E-state index < -0.39 is 0 Å². The van der Waals surface area contributed by atoms with Gasteiger partial charge in [-0.1, -0.05) is 25.9 Å². The summed E-state index contributed by atoms with van der Waals surface area (Å²) in [6.45, 7) is 7.20. The number of methoxy groups -OCH3 is 2. The second-order valence-electron chi connectivity index (χ2n) is 9.06. The number of allylic oxidation sites excluding steroid dienone is 2. The Hall–Kier alpha value is -2.50. The number of ketones is 1. The van der Waals surface area contributed by atoms with Crippen LogP contribution >= 0.6 is 0 Å². The number of Topliss-reactive ketones (excluding diaryl/α,β-unsaturated/α-hetero) is 1. The fourth-order valence-corrected chi connectivity index (χ4v) is 5.41. The van der Waals surface area contributed by atoms with Gasteiger partial charge in [-0.3, -0.25) is 4.79 Å². The Bertz CT molecular complexity index is 916. The number of carbonyl (C=O) groups excluding carboxylic acids is 1. The van der Waals surface area contributed by atoms with Gasteiger partial charge in [0.1, 0.15) is 0 Å². The maximum absolute atomic E-state index is 13.1. The van der Waals surface area contributed by atoms with Crippen molar-refractivity contribution >= 4 is 11.5 Å². The van der Waals surface area contributed by atoms with E-state index in [1.54, 1.807) is 14.2 Å². The summed E-state index contributed by atoms with van der Waals surface area (Å²) in [6.07, 6.45) is 2.95. The molecule has 0 saturated heterocycles. The highest BCUT2D eigenvalue weighted by molar-refractivity contribution is 6.24. The lowest BCUT2D eigenvalue weighted by atomic mass is 9.67. The third-order valence-corrected chi connectivity index (χ3v) is 6.66. The van der Waals surface area contributed by atoms with Crippen LogP contribution in [0.4, 0.5) is 0 Å². The molecular formula is C23H30N2O4. The van der Waals surface area contributed by atoms with Gasteiger partial charge in [0.2, 0.25) is 0 Å². The van der Waals surface area contributed by atoms with Crippen LogP contribution in [0.2, 0.25) is 0 Å². The molecule has 156 valence electrons. The molecule has 2 aliphatic heterocycles. The molecule has 1 aliphatic carbocycles. The Balaban J connectivity index is 1.92. The van der Waals surface area contributed by atoms with E-state index >= 15 is 0 Å². The number of hydrogen-bond acceptors (Lipinski definition) is 6. The van der Waals surface area contributed by atoms with E-state index in [0.29, 0.717) is 23.5 Å². The van der Waals surface area contributed by atoms with Crippen LogP contribution in [-0.2, 0) is 11.2 Å². The van der Waals surface area contributed by atoms with Crippen molar-refractivity contribution in [2.75, 3.05) is 20.8 Å². The Morgan fingerprint density at radius 3 is 2.52 bits per heavy atom. The lowest BCUT2D eigenvalue weighted by Crippen LogP contribution is -2.50. The molecule has 1 aromatic carbocycles. The molecule has 3 aliphatic rings. The van der Waals surface area contributed by atoms with Crippen LogP contribution in [0.5, 0.6) is 11.5 Å². The molecule has 1 N–H and O–H groups in total.